The zero-order valence-electron chi connectivity index (χ0n) is 16.4. The van der Waals surface area contributed by atoms with Crippen LogP contribution in [0.3, 0.4) is 0 Å². The van der Waals surface area contributed by atoms with Gasteiger partial charge in [0.2, 0.25) is 5.91 Å². The molecule has 0 unspecified atom stereocenters. The molecule has 2 N–H and O–H groups in total. The van der Waals surface area contributed by atoms with Crippen LogP contribution in [0.1, 0.15) is 53.4 Å². The third-order valence-electron chi connectivity index (χ3n) is 4.06. The van der Waals surface area contributed by atoms with Crippen molar-refractivity contribution in [3.63, 3.8) is 0 Å². The Morgan fingerprint density at radius 3 is 2.29 bits per heavy atom. The van der Waals surface area contributed by atoms with Gasteiger partial charge in [-0.3, -0.25) is 24.6 Å². The van der Waals surface area contributed by atoms with Gasteiger partial charge in [-0.25, -0.2) is 9.59 Å². The summed E-state index contributed by atoms with van der Waals surface area (Å²) >= 11 is 0. The maximum Gasteiger partial charge on any atom is 0.433 e. The minimum Gasteiger partial charge on any atom is -0.444 e. The quantitative estimate of drug-likeness (QED) is 0.524. The van der Waals surface area contributed by atoms with E-state index in [0.717, 1.165) is 0 Å². The molecule has 2 rings (SSSR count). The number of ether oxygens (including phenoxy) is 1. The maximum absolute atomic E-state index is 12.5. The number of hydrogen-bond acceptors (Lipinski definition) is 7. The molecule has 28 heavy (non-hydrogen) atoms. The van der Waals surface area contributed by atoms with Crippen LogP contribution in [0.2, 0.25) is 0 Å². The lowest BCUT2D eigenvalue weighted by Crippen LogP contribution is -2.54. The van der Waals surface area contributed by atoms with Crippen LogP contribution in [0.15, 0.2) is 0 Å². The molecule has 2 fully saturated rings. The second kappa shape index (κ2) is 8.44. The molecule has 0 spiro atoms. The van der Waals surface area contributed by atoms with Gasteiger partial charge < -0.3 is 14.9 Å². The second-order valence-corrected chi connectivity index (χ2v) is 7.67. The van der Waals surface area contributed by atoms with Gasteiger partial charge in [0.1, 0.15) is 17.8 Å². The molecule has 0 bridgehead atoms. The molecule has 0 radical (unpaired) electrons. The van der Waals surface area contributed by atoms with Gasteiger partial charge in [-0.15, -0.1) is 5.06 Å². The molecule has 0 aliphatic carbocycles. The number of likely N-dealkylation sites (tertiary alicyclic amines) is 1. The van der Waals surface area contributed by atoms with Crippen LogP contribution in [-0.4, -0.2) is 64.2 Å². The summed E-state index contributed by atoms with van der Waals surface area (Å²) in [7, 11) is 0. The molecule has 0 saturated carbocycles. The zero-order valence-corrected chi connectivity index (χ0v) is 16.4. The molecule has 2 atom stereocenters. The molecule has 11 nitrogen and oxygen atoms in total. The van der Waals surface area contributed by atoms with Crippen LogP contribution in [0, 0.1) is 0 Å². The van der Waals surface area contributed by atoms with Gasteiger partial charge in [-0.1, -0.05) is 0 Å². The van der Waals surface area contributed by atoms with Crippen molar-refractivity contribution < 1.29 is 33.5 Å². The fraction of sp³-hybridized carbons (Fsp3) is 0.706. The highest BCUT2D eigenvalue weighted by Crippen LogP contribution is 2.21. The number of amides is 5. The fourth-order valence-electron chi connectivity index (χ4n) is 2.87. The molecule has 156 valence electrons. The van der Waals surface area contributed by atoms with E-state index in [1.807, 2.05) is 0 Å². The Bertz CT molecular complexity index is 657. The van der Waals surface area contributed by atoms with Gasteiger partial charge in [0.05, 0.1) is 0 Å². The first kappa shape index (κ1) is 21.5. The normalized spacial score (nSPS) is 20.8. The molecule has 2 heterocycles. The Morgan fingerprint density at radius 1 is 1.11 bits per heavy atom. The summed E-state index contributed by atoms with van der Waals surface area (Å²) < 4.78 is 5.31. The van der Waals surface area contributed by atoms with Gasteiger partial charge in [0.25, 0.3) is 11.8 Å². The molecule has 5 amide bonds. The highest BCUT2D eigenvalue weighted by molar-refractivity contribution is 6.01. The summed E-state index contributed by atoms with van der Waals surface area (Å²) in [5.41, 5.74) is -0.677. The van der Waals surface area contributed by atoms with Crippen molar-refractivity contribution in [3.05, 3.63) is 0 Å². The van der Waals surface area contributed by atoms with Crippen LogP contribution >= 0.6 is 0 Å². The van der Waals surface area contributed by atoms with Crippen molar-refractivity contribution in [3.8, 4) is 0 Å². The van der Waals surface area contributed by atoms with Gasteiger partial charge in [-0.2, -0.15) is 0 Å². The third kappa shape index (κ3) is 5.57. The van der Waals surface area contributed by atoms with Crippen molar-refractivity contribution in [1.82, 2.24) is 20.6 Å². The largest absolute Gasteiger partial charge is 0.444 e. The number of hydrogen-bond donors (Lipinski definition) is 2. The topological polar surface area (TPSA) is 134 Å². The molecular weight excluding hydrogens is 372 g/mol. The van der Waals surface area contributed by atoms with E-state index in [0.29, 0.717) is 24.4 Å². The lowest BCUT2D eigenvalue weighted by atomic mass is 10.2. The van der Waals surface area contributed by atoms with Crippen molar-refractivity contribution >= 4 is 29.9 Å². The molecule has 2 saturated heterocycles. The predicted molar refractivity (Wildman–Crippen MR) is 94.3 cm³/mol. The maximum atomic E-state index is 12.5. The number of nitrogens with zero attached hydrogens (tertiary/aromatic N) is 2. The summed E-state index contributed by atoms with van der Waals surface area (Å²) in [4.78, 5) is 65.5. The Hall–Kier alpha value is -2.85. The van der Waals surface area contributed by atoms with Gasteiger partial charge in [0, 0.05) is 19.4 Å². The third-order valence-corrected chi connectivity index (χ3v) is 4.06. The molecular formula is C17H26N4O7. The highest BCUT2D eigenvalue weighted by atomic mass is 16.7. The molecule has 0 aromatic heterocycles. The number of nitrogens with one attached hydrogen (secondary N) is 2. The summed E-state index contributed by atoms with van der Waals surface area (Å²) in [5, 5.41) is 5.28. The minimum atomic E-state index is -1.05. The van der Waals surface area contributed by atoms with E-state index >= 15 is 0 Å². The van der Waals surface area contributed by atoms with Crippen LogP contribution in [-0.2, 0) is 24.0 Å². The number of carbonyl (C=O) groups excluding carboxylic acids is 5. The van der Waals surface area contributed by atoms with E-state index < -0.39 is 47.7 Å². The van der Waals surface area contributed by atoms with Crippen molar-refractivity contribution in [2.45, 2.75) is 71.2 Å². The first-order valence-electron chi connectivity index (χ1n) is 9.12. The zero-order chi connectivity index (χ0) is 21.1. The Kier molecular flexibility index (Phi) is 6.47. The van der Waals surface area contributed by atoms with Crippen molar-refractivity contribution in [2.24, 2.45) is 0 Å². The molecule has 2 aliphatic heterocycles. The smallest absolute Gasteiger partial charge is 0.433 e. The minimum absolute atomic E-state index is 0.0133. The van der Waals surface area contributed by atoms with Crippen LogP contribution in [0.5, 0.6) is 0 Å². The van der Waals surface area contributed by atoms with Crippen molar-refractivity contribution in [1.29, 1.82) is 0 Å². The van der Waals surface area contributed by atoms with Crippen molar-refractivity contribution in [2.75, 3.05) is 6.54 Å². The average Bonchev–Trinajstić information content (AvgIpc) is 3.15. The van der Waals surface area contributed by atoms with Gasteiger partial charge >= 0.3 is 12.2 Å². The molecule has 11 heteroatoms. The van der Waals surface area contributed by atoms with E-state index in [4.69, 9.17) is 4.74 Å². The molecule has 2 aliphatic rings. The Morgan fingerprint density at radius 2 is 1.71 bits per heavy atom. The number of hydroxylamine groups is 2. The number of rotatable bonds is 4. The van der Waals surface area contributed by atoms with E-state index in [1.54, 1.807) is 20.8 Å². The summed E-state index contributed by atoms with van der Waals surface area (Å²) in [6.45, 7) is 7.10. The molecule has 0 aromatic rings. The lowest BCUT2D eigenvalue weighted by molar-refractivity contribution is -0.171. The van der Waals surface area contributed by atoms with Crippen LogP contribution < -0.4 is 10.6 Å². The van der Waals surface area contributed by atoms with E-state index in [2.05, 4.69) is 15.5 Å². The average molecular weight is 398 g/mol. The Balaban J connectivity index is 1.85. The van der Waals surface area contributed by atoms with Crippen LogP contribution in [0.25, 0.3) is 0 Å². The van der Waals surface area contributed by atoms with E-state index in [-0.39, 0.29) is 12.8 Å². The molecule has 0 aromatic carbocycles. The first-order chi connectivity index (χ1) is 13.0. The van der Waals surface area contributed by atoms with E-state index in [1.165, 1.54) is 11.8 Å². The summed E-state index contributed by atoms with van der Waals surface area (Å²) in [5.74, 6) is -1.66. The summed E-state index contributed by atoms with van der Waals surface area (Å²) in [6.07, 6.45) is -1.38. The fourth-order valence-corrected chi connectivity index (χ4v) is 2.87. The number of imide groups is 1. The predicted octanol–water partition coefficient (Wildman–Crippen LogP) is 0.638. The lowest BCUT2D eigenvalue weighted by Gasteiger charge is -2.28. The monoisotopic (exact) mass is 398 g/mol. The first-order valence-corrected chi connectivity index (χ1v) is 9.12. The van der Waals surface area contributed by atoms with Gasteiger partial charge in [-0.05, 0) is 40.5 Å². The van der Waals surface area contributed by atoms with Gasteiger partial charge in [0.15, 0.2) is 0 Å². The van der Waals surface area contributed by atoms with E-state index in [9.17, 15) is 24.0 Å². The van der Waals surface area contributed by atoms with Crippen LogP contribution in [0.4, 0.5) is 9.59 Å². The number of carbonyl (C=O) groups is 5. The second-order valence-electron chi connectivity index (χ2n) is 7.67. The Labute approximate surface area is 162 Å². The SMILES string of the molecule is C[C@@H](NC(=O)ON1C(=O)CCC1=O)NC(=O)[C@@H]1CCCN1C(=O)OC(C)(C)C. The summed E-state index contributed by atoms with van der Waals surface area (Å²) in [6, 6.07) is -0.711. The standard InChI is InChI=1S/C17H26N4O7/c1-10(19-15(25)28-21-12(22)7-8-13(21)23)18-14(24)11-6-5-9-20(11)16(26)27-17(2,3)4/h10-11H,5-9H2,1-4H3,(H,18,24)(H,19,25)/t10-,11+/m1/s1. The highest BCUT2D eigenvalue weighted by Gasteiger charge is 2.37.